The number of nitrogens with zero attached hydrogens (tertiary/aromatic N) is 3. The summed E-state index contributed by atoms with van der Waals surface area (Å²) in [6, 6.07) is 15.9. The molecule has 0 fully saturated rings. The zero-order valence-electron chi connectivity index (χ0n) is 21.9. The number of pyridine rings is 1. The summed E-state index contributed by atoms with van der Waals surface area (Å²) in [6.45, 7) is 5.91. The molecule has 4 aromatic rings. The van der Waals surface area contributed by atoms with E-state index in [1.807, 2.05) is 51.1 Å². The topological polar surface area (TPSA) is 111 Å². The van der Waals surface area contributed by atoms with Gasteiger partial charge in [-0.25, -0.2) is 14.1 Å². The number of aromatic nitrogens is 3. The molecule has 0 aliphatic rings. The Kier molecular flexibility index (Phi) is 9.98. The zero-order valence-corrected chi connectivity index (χ0v) is 23.9. The molecule has 0 aliphatic carbocycles. The van der Waals surface area contributed by atoms with Crippen molar-refractivity contribution < 1.29 is 54.1 Å². The Balaban J connectivity index is 0.00000400. The molecular formula is C29H29FN3NaO4. The third-order valence-electron chi connectivity index (χ3n) is 6.14. The van der Waals surface area contributed by atoms with Crippen LogP contribution >= 0.6 is 0 Å². The maximum atomic E-state index is 13.8. The number of aliphatic carboxylic acids is 1. The van der Waals surface area contributed by atoms with Gasteiger partial charge in [-0.05, 0) is 42.7 Å². The van der Waals surface area contributed by atoms with Gasteiger partial charge in [0.25, 0.3) is 0 Å². The molecule has 0 amide bonds. The molecular weight excluding hydrogens is 496 g/mol. The van der Waals surface area contributed by atoms with E-state index in [4.69, 9.17) is 10.1 Å². The van der Waals surface area contributed by atoms with Gasteiger partial charge in [-0.1, -0.05) is 56.3 Å². The Morgan fingerprint density at radius 1 is 1.11 bits per heavy atom. The van der Waals surface area contributed by atoms with Gasteiger partial charge in [-0.2, -0.15) is 5.10 Å². The fourth-order valence-corrected chi connectivity index (χ4v) is 4.46. The van der Waals surface area contributed by atoms with Crippen LogP contribution in [0, 0.1) is 12.7 Å². The van der Waals surface area contributed by atoms with Crippen molar-refractivity contribution in [2.75, 3.05) is 0 Å². The molecule has 2 aromatic carbocycles. The third-order valence-corrected chi connectivity index (χ3v) is 6.14. The first-order valence-corrected chi connectivity index (χ1v) is 12.1. The van der Waals surface area contributed by atoms with Gasteiger partial charge in [-0.3, -0.25) is 0 Å². The summed E-state index contributed by atoms with van der Waals surface area (Å²) in [6.07, 6.45) is 0.187. The zero-order chi connectivity index (χ0) is 26.7. The number of aliphatic hydroxyl groups is 2. The minimum Gasteiger partial charge on any atom is -0.550 e. The second-order valence-corrected chi connectivity index (χ2v) is 9.37. The van der Waals surface area contributed by atoms with Crippen LogP contribution in [-0.4, -0.2) is 43.2 Å². The number of carbonyl (C=O) groups excluding carboxylic acids is 1. The monoisotopic (exact) mass is 525 g/mol. The first kappa shape index (κ1) is 29.7. The number of halogens is 1. The van der Waals surface area contributed by atoms with E-state index in [1.54, 1.807) is 22.9 Å². The number of benzene rings is 2. The van der Waals surface area contributed by atoms with Crippen molar-refractivity contribution in [3.05, 3.63) is 83.4 Å². The number of carboxylic acid groups (broad SMARTS) is 1. The summed E-state index contributed by atoms with van der Waals surface area (Å²) < 4.78 is 15.6. The predicted octanol–water partition coefficient (Wildman–Crippen LogP) is 0.928. The predicted molar refractivity (Wildman–Crippen MR) is 138 cm³/mol. The van der Waals surface area contributed by atoms with Gasteiger partial charge in [0.15, 0.2) is 5.65 Å². The molecule has 2 atom stereocenters. The number of carbonyl (C=O) groups is 1. The number of aryl methyl sites for hydroxylation is 1. The number of carboxylic acids is 1. The number of hydrogen-bond acceptors (Lipinski definition) is 6. The summed E-state index contributed by atoms with van der Waals surface area (Å²) in [5.74, 6) is -1.75. The second-order valence-electron chi connectivity index (χ2n) is 9.37. The van der Waals surface area contributed by atoms with Crippen LogP contribution in [0.4, 0.5) is 4.39 Å². The van der Waals surface area contributed by atoms with Gasteiger partial charge in [0, 0.05) is 29.9 Å². The van der Waals surface area contributed by atoms with Crippen molar-refractivity contribution in [3.8, 4) is 16.8 Å². The molecule has 7 nitrogen and oxygen atoms in total. The molecule has 4 rings (SSSR count). The third kappa shape index (κ3) is 6.57. The summed E-state index contributed by atoms with van der Waals surface area (Å²) >= 11 is 0. The smallest absolute Gasteiger partial charge is 0.550 e. The second kappa shape index (κ2) is 12.8. The Morgan fingerprint density at radius 2 is 1.76 bits per heavy atom. The van der Waals surface area contributed by atoms with Gasteiger partial charge in [0.1, 0.15) is 5.82 Å². The first-order chi connectivity index (χ1) is 17.7. The van der Waals surface area contributed by atoms with E-state index in [1.165, 1.54) is 18.2 Å². The Bertz CT molecular complexity index is 1440. The molecule has 0 spiro atoms. The summed E-state index contributed by atoms with van der Waals surface area (Å²) in [5, 5.41) is 36.7. The molecule has 2 aromatic heterocycles. The molecule has 2 N–H and O–H groups in total. The average Bonchev–Trinajstić information content (AvgIpc) is 3.18. The Hall–Kier alpha value is -2.88. The molecule has 0 saturated carbocycles. The van der Waals surface area contributed by atoms with Crippen LogP contribution in [0.2, 0.25) is 0 Å². The molecule has 2 heterocycles. The summed E-state index contributed by atoms with van der Waals surface area (Å²) in [5.41, 5.74) is 5.30. The van der Waals surface area contributed by atoms with Gasteiger partial charge in [0.05, 0.1) is 34.7 Å². The minimum atomic E-state index is -1.38. The van der Waals surface area contributed by atoms with E-state index in [0.29, 0.717) is 5.65 Å². The van der Waals surface area contributed by atoms with Crippen molar-refractivity contribution in [1.29, 1.82) is 0 Å². The fraction of sp³-hybridized carbons (Fsp3) is 0.276. The van der Waals surface area contributed by atoms with Crippen LogP contribution < -0.4 is 34.7 Å². The normalized spacial score (nSPS) is 13.1. The maximum Gasteiger partial charge on any atom is 1.00 e. The van der Waals surface area contributed by atoms with Crippen molar-refractivity contribution in [2.45, 2.75) is 51.7 Å². The maximum absolute atomic E-state index is 13.8. The minimum absolute atomic E-state index is 0. The van der Waals surface area contributed by atoms with Crippen LogP contribution in [0.1, 0.15) is 49.6 Å². The quantitative estimate of drug-likeness (QED) is 0.315. The molecule has 0 saturated heterocycles. The SMILES string of the molecule is Cc1nn(-c2ccccc2)c2nc(C(C)C)c(/C=C/[C@@H](O)C[C@@H](O)CC(=O)[O-])c(-c3ccc(F)cc3)c12.[Na+]. The van der Waals surface area contributed by atoms with Crippen molar-refractivity contribution >= 4 is 23.1 Å². The van der Waals surface area contributed by atoms with Gasteiger partial charge in [0.2, 0.25) is 0 Å². The van der Waals surface area contributed by atoms with Crippen LogP contribution in [-0.2, 0) is 4.79 Å². The summed E-state index contributed by atoms with van der Waals surface area (Å²) in [7, 11) is 0. The van der Waals surface area contributed by atoms with Gasteiger partial charge < -0.3 is 20.1 Å². The Labute approximate surface area is 243 Å². The number of rotatable bonds is 9. The van der Waals surface area contributed by atoms with Crippen LogP contribution in [0.5, 0.6) is 0 Å². The van der Waals surface area contributed by atoms with Crippen LogP contribution in [0.25, 0.3) is 33.9 Å². The van der Waals surface area contributed by atoms with E-state index >= 15 is 0 Å². The average molecular weight is 526 g/mol. The van der Waals surface area contributed by atoms with Crippen LogP contribution in [0.3, 0.4) is 0 Å². The van der Waals surface area contributed by atoms with E-state index in [9.17, 15) is 24.5 Å². The molecule has 192 valence electrons. The van der Waals surface area contributed by atoms with E-state index in [0.717, 1.165) is 39.2 Å². The van der Waals surface area contributed by atoms with E-state index in [-0.39, 0.29) is 47.7 Å². The van der Waals surface area contributed by atoms with Crippen molar-refractivity contribution in [2.24, 2.45) is 0 Å². The van der Waals surface area contributed by atoms with E-state index < -0.39 is 24.6 Å². The standard InChI is InChI=1S/C29H30FN3O4.Na/c1-17(2)28-24(14-13-22(34)15-23(35)16-25(36)37)27(19-9-11-20(30)12-10-19)26-18(3)32-33(29(26)31-28)21-7-5-4-6-8-21;/h4-14,17,22-23,34-35H,15-16H2,1-3H3,(H,36,37);/q;+1/p-1/b14-13+;/t22-,23-;/m1./s1. The summed E-state index contributed by atoms with van der Waals surface area (Å²) in [4.78, 5) is 15.8. The van der Waals surface area contributed by atoms with Crippen molar-refractivity contribution in [1.82, 2.24) is 14.8 Å². The Morgan fingerprint density at radius 3 is 2.37 bits per heavy atom. The molecule has 0 unspecified atom stereocenters. The van der Waals surface area contributed by atoms with Gasteiger partial charge >= 0.3 is 29.6 Å². The molecule has 0 radical (unpaired) electrons. The number of fused-ring (bicyclic) bond motifs is 1. The number of aliphatic hydroxyl groups excluding tert-OH is 2. The first-order valence-electron chi connectivity index (χ1n) is 12.1. The number of para-hydroxylation sites is 1. The van der Waals surface area contributed by atoms with E-state index in [2.05, 4.69) is 0 Å². The molecule has 38 heavy (non-hydrogen) atoms. The van der Waals surface area contributed by atoms with Crippen molar-refractivity contribution in [3.63, 3.8) is 0 Å². The molecule has 0 aliphatic heterocycles. The van der Waals surface area contributed by atoms with Gasteiger partial charge in [-0.15, -0.1) is 0 Å². The molecule has 0 bridgehead atoms. The largest absolute Gasteiger partial charge is 1.00 e. The van der Waals surface area contributed by atoms with Crippen LogP contribution in [0.15, 0.2) is 60.7 Å². The molecule has 9 heteroatoms. The fourth-order valence-electron chi connectivity index (χ4n) is 4.46. The number of hydrogen-bond donors (Lipinski definition) is 2.